The van der Waals surface area contributed by atoms with Gasteiger partial charge in [-0.15, -0.1) is 0 Å². The van der Waals surface area contributed by atoms with Crippen LogP contribution in [0.1, 0.15) is 27.5 Å². The molecule has 0 radical (unpaired) electrons. The number of nitrogens with one attached hydrogen (secondary N) is 1. The molecule has 0 amide bonds. The predicted octanol–water partition coefficient (Wildman–Crippen LogP) is 2.60. The van der Waals surface area contributed by atoms with Gasteiger partial charge in [-0.3, -0.25) is 4.98 Å². The third-order valence-corrected chi connectivity index (χ3v) is 2.58. The normalized spacial score (nSPS) is 10.3. The molecule has 0 aliphatic carbocycles. The summed E-state index contributed by atoms with van der Waals surface area (Å²) in [5.41, 5.74) is 2.04. The Bertz CT molecular complexity index is 562. The number of furan rings is 1. The maximum absolute atomic E-state index is 11.2. The molecule has 0 unspecified atom stereocenters. The highest BCUT2D eigenvalue weighted by molar-refractivity contribution is 5.95. The van der Waals surface area contributed by atoms with Gasteiger partial charge in [0.2, 0.25) is 0 Å². The molecule has 5 heteroatoms. The lowest BCUT2D eigenvalue weighted by atomic mass is 10.1. The van der Waals surface area contributed by atoms with Crippen LogP contribution in [-0.4, -0.2) is 16.1 Å². The van der Waals surface area contributed by atoms with E-state index < -0.39 is 5.97 Å². The van der Waals surface area contributed by atoms with Crippen LogP contribution in [0.15, 0.2) is 28.9 Å². The minimum Gasteiger partial charge on any atom is -0.478 e. The molecular formula is C13H14N2O3. The molecule has 0 aromatic carbocycles. The van der Waals surface area contributed by atoms with E-state index in [1.165, 1.54) is 0 Å². The smallest absolute Gasteiger partial charge is 0.339 e. The molecule has 5 nitrogen and oxygen atoms in total. The zero-order valence-electron chi connectivity index (χ0n) is 10.2. The van der Waals surface area contributed by atoms with Crippen LogP contribution in [0.5, 0.6) is 0 Å². The van der Waals surface area contributed by atoms with Crippen molar-refractivity contribution in [2.24, 2.45) is 0 Å². The van der Waals surface area contributed by atoms with Crippen LogP contribution >= 0.6 is 0 Å². The highest BCUT2D eigenvalue weighted by atomic mass is 16.4. The first-order chi connectivity index (χ1) is 8.58. The quantitative estimate of drug-likeness (QED) is 0.867. The lowest BCUT2D eigenvalue weighted by molar-refractivity contribution is 0.0696. The van der Waals surface area contributed by atoms with E-state index in [0.717, 1.165) is 11.5 Å². The Balaban J connectivity index is 2.28. The maximum atomic E-state index is 11.2. The number of rotatable bonds is 4. The topological polar surface area (TPSA) is 75.4 Å². The Morgan fingerprint density at radius 3 is 2.89 bits per heavy atom. The second-order valence-corrected chi connectivity index (χ2v) is 4.01. The van der Waals surface area contributed by atoms with Crippen LogP contribution in [0.2, 0.25) is 0 Å². The van der Waals surface area contributed by atoms with Gasteiger partial charge in [-0.25, -0.2) is 4.79 Å². The van der Waals surface area contributed by atoms with Gasteiger partial charge in [0.25, 0.3) is 0 Å². The lowest BCUT2D eigenvalue weighted by Gasteiger charge is -2.11. The van der Waals surface area contributed by atoms with Crippen LogP contribution in [0.25, 0.3) is 0 Å². The standard InChI is InChI=1S/C13H14N2O3/c1-8-6-11(12(13(16)17)9(2)15-8)14-7-10-4-3-5-18-10/h3-6H,7H2,1-2H3,(H,14,15)(H,16,17). The summed E-state index contributed by atoms with van der Waals surface area (Å²) in [7, 11) is 0. The number of carboxylic acids is 1. The van der Waals surface area contributed by atoms with Gasteiger partial charge in [0.15, 0.2) is 0 Å². The summed E-state index contributed by atoms with van der Waals surface area (Å²) in [4.78, 5) is 15.4. The van der Waals surface area contributed by atoms with Gasteiger partial charge in [-0.2, -0.15) is 0 Å². The van der Waals surface area contributed by atoms with E-state index in [1.54, 1.807) is 25.3 Å². The number of pyridine rings is 1. The maximum Gasteiger partial charge on any atom is 0.339 e. The van der Waals surface area contributed by atoms with Crippen molar-refractivity contribution in [3.05, 3.63) is 47.2 Å². The zero-order valence-corrected chi connectivity index (χ0v) is 10.2. The van der Waals surface area contributed by atoms with Crippen molar-refractivity contribution in [3.8, 4) is 0 Å². The Morgan fingerprint density at radius 2 is 2.28 bits per heavy atom. The number of nitrogens with zero attached hydrogens (tertiary/aromatic N) is 1. The van der Waals surface area contributed by atoms with E-state index in [2.05, 4.69) is 10.3 Å². The number of aromatic carboxylic acids is 1. The molecule has 2 heterocycles. The first-order valence-electron chi connectivity index (χ1n) is 5.55. The average molecular weight is 246 g/mol. The van der Waals surface area contributed by atoms with Crippen LogP contribution < -0.4 is 5.32 Å². The molecule has 0 aliphatic heterocycles. The second kappa shape index (κ2) is 4.91. The number of aryl methyl sites for hydroxylation is 2. The van der Waals surface area contributed by atoms with Crippen molar-refractivity contribution in [1.82, 2.24) is 4.98 Å². The molecule has 0 atom stereocenters. The summed E-state index contributed by atoms with van der Waals surface area (Å²) in [6.07, 6.45) is 1.58. The summed E-state index contributed by atoms with van der Waals surface area (Å²) in [6, 6.07) is 5.34. The van der Waals surface area contributed by atoms with E-state index in [4.69, 9.17) is 4.42 Å². The van der Waals surface area contributed by atoms with Crippen molar-refractivity contribution >= 4 is 11.7 Å². The molecule has 2 aromatic rings. The number of hydrogen-bond acceptors (Lipinski definition) is 4. The van der Waals surface area contributed by atoms with Gasteiger partial charge < -0.3 is 14.8 Å². The second-order valence-electron chi connectivity index (χ2n) is 4.01. The summed E-state index contributed by atoms with van der Waals surface area (Å²) in [5, 5.41) is 12.3. The Kier molecular flexibility index (Phi) is 3.32. The highest BCUT2D eigenvalue weighted by Crippen LogP contribution is 2.20. The molecule has 0 bridgehead atoms. The van der Waals surface area contributed by atoms with Crippen molar-refractivity contribution in [2.75, 3.05) is 5.32 Å². The van der Waals surface area contributed by atoms with Crippen LogP contribution in [0, 0.1) is 13.8 Å². The van der Waals surface area contributed by atoms with E-state index in [-0.39, 0.29) is 5.56 Å². The minimum absolute atomic E-state index is 0.201. The molecule has 0 saturated heterocycles. The van der Waals surface area contributed by atoms with Crippen molar-refractivity contribution < 1.29 is 14.3 Å². The molecule has 2 aromatic heterocycles. The molecular weight excluding hydrogens is 232 g/mol. The monoisotopic (exact) mass is 246 g/mol. The van der Waals surface area contributed by atoms with Crippen molar-refractivity contribution in [2.45, 2.75) is 20.4 Å². The molecule has 0 aliphatic rings. The summed E-state index contributed by atoms with van der Waals surface area (Å²) in [5.74, 6) is -0.236. The minimum atomic E-state index is -0.984. The number of carbonyl (C=O) groups is 1. The van der Waals surface area contributed by atoms with E-state index in [9.17, 15) is 9.90 Å². The zero-order chi connectivity index (χ0) is 13.1. The van der Waals surface area contributed by atoms with E-state index in [1.807, 2.05) is 13.0 Å². The highest BCUT2D eigenvalue weighted by Gasteiger charge is 2.15. The number of hydrogen-bond donors (Lipinski definition) is 2. The Morgan fingerprint density at radius 1 is 1.50 bits per heavy atom. The van der Waals surface area contributed by atoms with Gasteiger partial charge in [-0.05, 0) is 32.0 Å². The Hall–Kier alpha value is -2.30. The fraction of sp³-hybridized carbons (Fsp3) is 0.231. The number of carboxylic acid groups (broad SMARTS) is 1. The first-order valence-corrected chi connectivity index (χ1v) is 5.55. The van der Waals surface area contributed by atoms with Gasteiger partial charge in [0.1, 0.15) is 11.3 Å². The lowest BCUT2D eigenvalue weighted by Crippen LogP contribution is -2.10. The van der Waals surface area contributed by atoms with Crippen molar-refractivity contribution in [1.29, 1.82) is 0 Å². The predicted molar refractivity (Wildman–Crippen MR) is 66.7 cm³/mol. The Labute approximate surface area is 104 Å². The van der Waals surface area contributed by atoms with Gasteiger partial charge >= 0.3 is 5.97 Å². The number of aromatic nitrogens is 1. The van der Waals surface area contributed by atoms with Gasteiger partial charge in [0, 0.05) is 5.69 Å². The third-order valence-electron chi connectivity index (χ3n) is 2.58. The summed E-state index contributed by atoms with van der Waals surface area (Å²) >= 11 is 0. The number of anilines is 1. The molecule has 0 spiro atoms. The largest absolute Gasteiger partial charge is 0.478 e. The van der Waals surface area contributed by atoms with Crippen molar-refractivity contribution in [3.63, 3.8) is 0 Å². The fourth-order valence-corrected chi connectivity index (χ4v) is 1.83. The van der Waals surface area contributed by atoms with Crippen LogP contribution in [-0.2, 0) is 6.54 Å². The fourth-order valence-electron chi connectivity index (χ4n) is 1.83. The molecule has 0 saturated carbocycles. The SMILES string of the molecule is Cc1cc(NCc2ccco2)c(C(=O)O)c(C)n1. The van der Waals surface area contributed by atoms with E-state index in [0.29, 0.717) is 17.9 Å². The van der Waals surface area contributed by atoms with Gasteiger partial charge in [-0.1, -0.05) is 0 Å². The molecule has 2 N–H and O–H groups in total. The van der Waals surface area contributed by atoms with Crippen LogP contribution in [0.4, 0.5) is 5.69 Å². The van der Waals surface area contributed by atoms with E-state index >= 15 is 0 Å². The molecule has 94 valence electrons. The first kappa shape index (κ1) is 12.2. The average Bonchev–Trinajstić information content (AvgIpc) is 2.77. The molecule has 18 heavy (non-hydrogen) atoms. The van der Waals surface area contributed by atoms with Crippen LogP contribution in [0.3, 0.4) is 0 Å². The third kappa shape index (κ3) is 2.51. The summed E-state index contributed by atoms with van der Waals surface area (Å²) < 4.78 is 5.19. The molecule has 0 fully saturated rings. The molecule has 2 rings (SSSR count). The summed E-state index contributed by atoms with van der Waals surface area (Å²) in [6.45, 7) is 3.96. The van der Waals surface area contributed by atoms with Gasteiger partial charge in [0.05, 0.1) is 24.2 Å².